The highest BCUT2D eigenvalue weighted by molar-refractivity contribution is 4.53. The lowest BCUT2D eigenvalue weighted by atomic mass is 10.4. The fraction of sp³-hybridized carbons (Fsp3) is 1.00. The van der Waals surface area contributed by atoms with Crippen LogP contribution in [0, 0.1) is 0 Å². The van der Waals surface area contributed by atoms with Crippen LogP contribution in [0.3, 0.4) is 0 Å². The van der Waals surface area contributed by atoms with Crippen molar-refractivity contribution in [3.05, 3.63) is 0 Å². The van der Waals surface area contributed by atoms with Crippen LogP contribution in [0.4, 0.5) is 22.0 Å². The molecule has 12 heavy (non-hydrogen) atoms. The molecule has 0 bridgehead atoms. The van der Waals surface area contributed by atoms with Crippen LogP contribution >= 0.6 is 0 Å². The third-order valence-electron chi connectivity index (χ3n) is 1.02. The van der Waals surface area contributed by atoms with Crippen molar-refractivity contribution in [3.63, 3.8) is 0 Å². The molecule has 0 spiro atoms. The average molecular weight is 192 g/mol. The van der Waals surface area contributed by atoms with Gasteiger partial charge in [0.25, 0.3) is 0 Å². The Bertz CT molecular complexity index is 122. The Morgan fingerprint density at radius 1 is 1.25 bits per heavy atom. The van der Waals surface area contributed by atoms with Crippen molar-refractivity contribution in [2.45, 2.75) is 32.1 Å². The molecule has 6 heteroatoms. The van der Waals surface area contributed by atoms with E-state index in [9.17, 15) is 22.0 Å². The van der Waals surface area contributed by atoms with Crippen LogP contribution in [0.15, 0.2) is 0 Å². The first kappa shape index (κ1) is 11.6. The van der Waals surface area contributed by atoms with Crippen molar-refractivity contribution in [1.29, 1.82) is 0 Å². The summed E-state index contributed by atoms with van der Waals surface area (Å²) in [4.78, 5) is 0. The Balaban J connectivity index is 3.44. The number of halogens is 5. The lowest BCUT2D eigenvalue weighted by molar-refractivity contribution is -0.162. The molecule has 0 aliphatic carbocycles. The van der Waals surface area contributed by atoms with E-state index in [0.717, 1.165) is 6.92 Å². The van der Waals surface area contributed by atoms with Gasteiger partial charge >= 0.3 is 6.18 Å². The van der Waals surface area contributed by atoms with Crippen molar-refractivity contribution in [3.8, 4) is 0 Å². The van der Waals surface area contributed by atoms with E-state index in [1.807, 2.05) is 0 Å². The van der Waals surface area contributed by atoms with Crippen LogP contribution in [0.25, 0.3) is 0 Å². The van der Waals surface area contributed by atoms with Gasteiger partial charge in [-0.2, -0.15) is 13.2 Å². The zero-order valence-corrected chi connectivity index (χ0v) is 6.37. The van der Waals surface area contributed by atoms with E-state index in [-0.39, 0.29) is 0 Å². The molecule has 0 aliphatic rings. The van der Waals surface area contributed by atoms with Crippen molar-refractivity contribution in [2.75, 3.05) is 6.61 Å². The van der Waals surface area contributed by atoms with Crippen LogP contribution in [0.5, 0.6) is 0 Å². The molecule has 1 nitrogen and oxygen atoms in total. The highest BCUT2D eigenvalue weighted by Gasteiger charge is 2.27. The maximum Gasteiger partial charge on any atom is 0.391 e. The van der Waals surface area contributed by atoms with Gasteiger partial charge in [0.05, 0.1) is 13.0 Å². The maximum absolute atomic E-state index is 12.1. The quantitative estimate of drug-likeness (QED) is 0.622. The van der Waals surface area contributed by atoms with E-state index in [2.05, 4.69) is 4.74 Å². The lowest BCUT2D eigenvalue weighted by Gasteiger charge is -2.11. The molecule has 0 radical (unpaired) electrons. The lowest BCUT2D eigenvalue weighted by Crippen LogP contribution is -2.21. The van der Waals surface area contributed by atoms with Crippen molar-refractivity contribution in [2.24, 2.45) is 0 Å². The molecule has 0 amide bonds. The summed E-state index contributed by atoms with van der Waals surface area (Å²) in [6.07, 6.45) is -9.83. The Hall–Kier alpha value is -0.390. The Morgan fingerprint density at radius 2 is 1.75 bits per heavy atom. The van der Waals surface area contributed by atoms with Crippen LogP contribution in [-0.2, 0) is 4.74 Å². The maximum atomic E-state index is 12.1. The molecule has 0 aliphatic heterocycles. The normalized spacial score (nSPS) is 17.5. The third kappa shape index (κ3) is 6.33. The van der Waals surface area contributed by atoms with Gasteiger partial charge in [-0.25, -0.2) is 8.78 Å². The minimum Gasteiger partial charge on any atom is -0.346 e. The fourth-order valence-electron chi connectivity index (χ4n) is 0.420. The van der Waals surface area contributed by atoms with Crippen LogP contribution < -0.4 is 0 Å². The Kier molecular flexibility index (Phi) is 4.44. The fourth-order valence-corrected chi connectivity index (χ4v) is 0.420. The summed E-state index contributed by atoms with van der Waals surface area (Å²) in [5.41, 5.74) is 0. The van der Waals surface area contributed by atoms with E-state index in [1.165, 1.54) is 0 Å². The minimum atomic E-state index is -4.39. The zero-order valence-electron chi connectivity index (χ0n) is 6.37. The summed E-state index contributed by atoms with van der Waals surface area (Å²) >= 11 is 0. The van der Waals surface area contributed by atoms with E-state index in [4.69, 9.17) is 0 Å². The van der Waals surface area contributed by atoms with Gasteiger partial charge in [-0.3, -0.25) is 0 Å². The number of hydrogen-bond donors (Lipinski definition) is 0. The molecule has 0 heterocycles. The summed E-state index contributed by atoms with van der Waals surface area (Å²) in [6, 6.07) is 0. The van der Waals surface area contributed by atoms with Crippen LogP contribution in [0.1, 0.15) is 13.3 Å². The summed E-state index contributed by atoms with van der Waals surface area (Å²) in [5, 5.41) is 0. The second-order valence-corrected chi connectivity index (χ2v) is 2.26. The molecule has 0 rings (SSSR count). The van der Waals surface area contributed by atoms with Crippen molar-refractivity contribution >= 4 is 0 Å². The molecule has 0 saturated heterocycles. The number of rotatable bonds is 4. The second kappa shape index (κ2) is 4.59. The number of ether oxygens (including phenoxy) is 1. The first-order valence-electron chi connectivity index (χ1n) is 3.29. The van der Waals surface area contributed by atoms with Crippen LogP contribution in [0.2, 0.25) is 0 Å². The highest BCUT2D eigenvalue weighted by atomic mass is 19.4. The van der Waals surface area contributed by atoms with Crippen molar-refractivity contribution in [1.82, 2.24) is 0 Å². The Labute approximate surface area is 66.5 Å². The SMILES string of the molecule is CC(F)C(F)OCCC(F)(F)F. The molecule has 0 aromatic heterocycles. The molecule has 0 aromatic rings. The van der Waals surface area contributed by atoms with E-state index in [1.54, 1.807) is 0 Å². The molecule has 2 atom stereocenters. The molecule has 74 valence electrons. The van der Waals surface area contributed by atoms with E-state index in [0.29, 0.717) is 0 Å². The standard InChI is InChI=1S/C6H9F5O/c1-4(7)5(8)12-3-2-6(9,10)11/h4-5H,2-3H2,1H3. The molecule has 0 saturated carbocycles. The first-order chi connectivity index (χ1) is 5.33. The van der Waals surface area contributed by atoms with Gasteiger partial charge in [0.15, 0.2) is 6.17 Å². The van der Waals surface area contributed by atoms with Gasteiger partial charge in [0.2, 0.25) is 6.36 Å². The molecule has 0 fully saturated rings. The second-order valence-electron chi connectivity index (χ2n) is 2.26. The van der Waals surface area contributed by atoms with Gasteiger partial charge in [-0.05, 0) is 6.92 Å². The monoisotopic (exact) mass is 192 g/mol. The predicted molar refractivity (Wildman–Crippen MR) is 32.1 cm³/mol. The summed E-state index contributed by atoms with van der Waals surface area (Å²) < 4.78 is 62.2. The smallest absolute Gasteiger partial charge is 0.346 e. The molecule has 0 aromatic carbocycles. The molecule has 0 N–H and O–H groups in total. The average Bonchev–Trinajstić information content (AvgIpc) is 1.84. The van der Waals surface area contributed by atoms with Gasteiger partial charge in [0, 0.05) is 0 Å². The largest absolute Gasteiger partial charge is 0.391 e. The molecular weight excluding hydrogens is 183 g/mol. The third-order valence-corrected chi connectivity index (χ3v) is 1.02. The van der Waals surface area contributed by atoms with Gasteiger partial charge in [-0.1, -0.05) is 0 Å². The summed E-state index contributed by atoms with van der Waals surface area (Å²) in [6.45, 7) is 0.0250. The Morgan fingerprint density at radius 3 is 2.08 bits per heavy atom. The topological polar surface area (TPSA) is 9.23 Å². The predicted octanol–water partition coefficient (Wildman–Crippen LogP) is 2.61. The molecular formula is C6H9F5O. The van der Waals surface area contributed by atoms with Gasteiger partial charge in [0.1, 0.15) is 0 Å². The number of hydrogen-bond acceptors (Lipinski definition) is 1. The van der Waals surface area contributed by atoms with E-state index >= 15 is 0 Å². The highest BCUT2D eigenvalue weighted by Crippen LogP contribution is 2.19. The minimum absolute atomic E-state index is 0.848. The summed E-state index contributed by atoms with van der Waals surface area (Å²) in [7, 11) is 0. The van der Waals surface area contributed by atoms with Gasteiger partial charge < -0.3 is 4.74 Å². The summed E-state index contributed by atoms with van der Waals surface area (Å²) in [5.74, 6) is 0. The number of alkyl halides is 5. The van der Waals surface area contributed by atoms with E-state index < -0.39 is 31.7 Å². The van der Waals surface area contributed by atoms with Gasteiger partial charge in [-0.15, -0.1) is 0 Å². The first-order valence-corrected chi connectivity index (χ1v) is 3.29. The zero-order chi connectivity index (χ0) is 9.78. The van der Waals surface area contributed by atoms with Crippen LogP contribution in [-0.4, -0.2) is 25.3 Å². The molecule has 2 unspecified atom stereocenters. The van der Waals surface area contributed by atoms with Crippen molar-refractivity contribution < 1.29 is 26.7 Å².